The summed E-state index contributed by atoms with van der Waals surface area (Å²) in [5.41, 5.74) is 1.07. The van der Waals surface area contributed by atoms with Crippen LogP contribution in [0.25, 0.3) is 0 Å². The van der Waals surface area contributed by atoms with Crippen molar-refractivity contribution < 1.29 is 9.84 Å². The molecule has 3 heteroatoms. The largest absolute Gasteiger partial charge is 0.481 e. The van der Waals surface area contributed by atoms with Gasteiger partial charge in [0.2, 0.25) is 5.88 Å². The minimum Gasteiger partial charge on any atom is -0.481 e. The normalized spacial score (nSPS) is 12.4. The van der Waals surface area contributed by atoms with Crippen molar-refractivity contribution in [2.24, 2.45) is 0 Å². The summed E-state index contributed by atoms with van der Waals surface area (Å²) in [7, 11) is 1.61. The molecular weight excluding hydrogens is 238 g/mol. The number of nitrogens with zero attached hydrogens (tertiary/aromatic N) is 1. The highest BCUT2D eigenvalue weighted by Gasteiger charge is 2.06. The van der Waals surface area contributed by atoms with Crippen LogP contribution in [-0.4, -0.2) is 23.3 Å². The molecule has 0 aliphatic heterocycles. The van der Waals surface area contributed by atoms with Crippen molar-refractivity contribution in [1.29, 1.82) is 0 Å². The van der Waals surface area contributed by atoms with Crippen molar-refractivity contribution in [2.45, 2.75) is 64.4 Å². The summed E-state index contributed by atoms with van der Waals surface area (Å²) in [6, 6.07) is 3.81. The second kappa shape index (κ2) is 9.79. The van der Waals surface area contributed by atoms with Gasteiger partial charge in [-0.1, -0.05) is 51.5 Å². The van der Waals surface area contributed by atoms with E-state index < -0.39 is 0 Å². The molecule has 1 aromatic rings. The second-order valence-electron chi connectivity index (χ2n) is 5.12. The summed E-state index contributed by atoms with van der Waals surface area (Å²) in [6.07, 6.45) is 10.7. The highest BCUT2D eigenvalue weighted by molar-refractivity contribution is 5.18. The molecule has 0 aromatic carbocycles. The number of rotatable bonds is 10. The van der Waals surface area contributed by atoms with Gasteiger partial charge in [0.25, 0.3) is 0 Å². The smallest absolute Gasteiger partial charge is 0.212 e. The van der Waals surface area contributed by atoms with Gasteiger partial charge in [0.15, 0.2) is 0 Å². The van der Waals surface area contributed by atoms with E-state index in [0.717, 1.165) is 18.4 Å². The molecule has 0 spiro atoms. The van der Waals surface area contributed by atoms with Crippen LogP contribution in [0, 0.1) is 0 Å². The molecule has 1 heterocycles. The number of ether oxygens (including phenoxy) is 1. The fourth-order valence-electron chi connectivity index (χ4n) is 2.19. The van der Waals surface area contributed by atoms with E-state index in [1.165, 1.54) is 32.1 Å². The number of hydrogen-bond acceptors (Lipinski definition) is 3. The molecule has 108 valence electrons. The molecule has 1 aromatic heterocycles. The lowest BCUT2D eigenvalue weighted by Crippen LogP contribution is -2.10. The lowest BCUT2D eigenvalue weighted by Gasteiger charge is -2.10. The molecule has 1 atom stereocenters. The van der Waals surface area contributed by atoms with Crippen LogP contribution in [0.5, 0.6) is 5.88 Å². The average molecular weight is 265 g/mol. The number of hydrogen-bond donors (Lipinski definition) is 1. The van der Waals surface area contributed by atoms with Crippen molar-refractivity contribution in [3.05, 3.63) is 23.9 Å². The van der Waals surface area contributed by atoms with E-state index in [1.807, 2.05) is 12.1 Å². The van der Waals surface area contributed by atoms with E-state index in [9.17, 15) is 5.11 Å². The second-order valence-corrected chi connectivity index (χ2v) is 5.12. The van der Waals surface area contributed by atoms with Crippen molar-refractivity contribution in [3.8, 4) is 5.88 Å². The van der Waals surface area contributed by atoms with Gasteiger partial charge in [0, 0.05) is 12.3 Å². The molecule has 0 aliphatic carbocycles. The molecule has 0 amide bonds. The summed E-state index contributed by atoms with van der Waals surface area (Å²) in [4.78, 5) is 4.15. The first-order chi connectivity index (χ1) is 9.26. The van der Waals surface area contributed by atoms with Gasteiger partial charge in [-0.05, 0) is 18.4 Å². The summed E-state index contributed by atoms with van der Waals surface area (Å²) in [6.45, 7) is 2.23. The zero-order valence-electron chi connectivity index (χ0n) is 12.3. The molecular formula is C16H27NO2. The molecule has 1 N–H and O–H groups in total. The predicted octanol–water partition coefficient (Wildman–Crippen LogP) is 3.74. The lowest BCUT2D eigenvalue weighted by molar-refractivity contribution is 0.160. The van der Waals surface area contributed by atoms with E-state index in [-0.39, 0.29) is 6.10 Å². The average Bonchev–Trinajstić information content (AvgIpc) is 2.43. The van der Waals surface area contributed by atoms with Crippen LogP contribution in [0.4, 0.5) is 0 Å². The Morgan fingerprint density at radius 2 is 1.89 bits per heavy atom. The van der Waals surface area contributed by atoms with Gasteiger partial charge >= 0.3 is 0 Å². The van der Waals surface area contributed by atoms with Crippen molar-refractivity contribution in [1.82, 2.24) is 4.98 Å². The maximum atomic E-state index is 9.97. The minimum atomic E-state index is -0.249. The molecule has 0 aliphatic rings. The standard InChI is InChI=1S/C16H27NO2/c1-3-4-5-6-7-8-9-15(18)12-14-10-11-16(19-2)17-13-14/h10-11,13,15,18H,3-9,12H2,1-2H3. The number of methoxy groups -OCH3 is 1. The third-order valence-corrected chi connectivity index (χ3v) is 3.37. The monoisotopic (exact) mass is 265 g/mol. The summed E-state index contributed by atoms with van der Waals surface area (Å²) < 4.78 is 5.01. The van der Waals surface area contributed by atoms with E-state index in [1.54, 1.807) is 13.3 Å². The first-order valence-corrected chi connectivity index (χ1v) is 7.43. The van der Waals surface area contributed by atoms with Gasteiger partial charge in [-0.3, -0.25) is 0 Å². The van der Waals surface area contributed by atoms with Crippen LogP contribution in [0.15, 0.2) is 18.3 Å². The van der Waals surface area contributed by atoms with Gasteiger partial charge in [-0.15, -0.1) is 0 Å². The van der Waals surface area contributed by atoms with E-state index in [0.29, 0.717) is 12.3 Å². The van der Waals surface area contributed by atoms with Gasteiger partial charge in [0.05, 0.1) is 13.2 Å². The molecule has 1 unspecified atom stereocenters. The lowest BCUT2D eigenvalue weighted by atomic mass is 10.0. The Balaban J connectivity index is 2.14. The number of aliphatic hydroxyl groups is 1. The van der Waals surface area contributed by atoms with Crippen LogP contribution in [-0.2, 0) is 6.42 Å². The van der Waals surface area contributed by atoms with Gasteiger partial charge in [-0.25, -0.2) is 4.98 Å². The Hall–Kier alpha value is -1.09. The number of unbranched alkanes of at least 4 members (excludes halogenated alkanes) is 5. The molecule has 19 heavy (non-hydrogen) atoms. The third kappa shape index (κ3) is 7.16. The van der Waals surface area contributed by atoms with Gasteiger partial charge < -0.3 is 9.84 Å². The first-order valence-electron chi connectivity index (χ1n) is 7.43. The zero-order valence-corrected chi connectivity index (χ0v) is 12.3. The number of aliphatic hydroxyl groups excluding tert-OH is 1. The van der Waals surface area contributed by atoms with Crippen LogP contribution in [0.2, 0.25) is 0 Å². The summed E-state index contributed by atoms with van der Waals surface area (Å²) in [5, 5.41) is 9.97. The van der Waals surface area contributed by atoms with Crippen molar-refractivity contribution in [3.63, 3.8) is 0 Å². The summed E-state index contributed by atoms with van der Waals surface area (Å²) in [5.74, 6) is 0.620. The van der Waals surface area contributed by atoms with Crippen molar-refractivity contribution in [2.75, 3.05) is 7.11 Å². The van der Waals surface area contributed by atoms with E-state index in [2.05, 4.69) is 11.9 Å². The van der Waals surface area contributed by atoms with Crippen molar-refractivity contribution >= 4 is 0 Å². The molecule has 0 saturated carbocycles. The SMILES string of the molecule is CCCCCCCCC(O)Cc1ccc(OC)nc1. The summed E-state index contributed by atoms with van der Waals surface area (Å²) >= 11 is 0. The number of pyridine rings is 1. The molecule has 0 radical (unpaired) electrons. The Morgan fingerprint density at radius 1 is 1.16 bits per heavy atom. The zero-order chi connectivity index (χ0) is 13.9. The van der Waals surface area contributed by atoms with Gasteiger partial charge in [-0.2, -0.15) is 0 Å². The quantitative estimate of drug-likeness (QED) is 0.655. The minimum absolute atomic E-state index is 0.249. The van der Waals surface area contributed by atoms with E-state index in [4.69, 9.17) is 4.74 Å². The molecule has 0 bridgehead atoms. The maximum absolute atomic E-state index is 9.97. The first kappa shape index (κ1) is 16.0. The van der Waals surface area contributed by atoms with Crippen LogP contribution < -0.4 is 4.74 Å². The van der Waals surface area contributed by atoms with Crippen LogP contribution >= 0.6 is 0 Å². The molecule has 1 rings (SSSR count). The van der Waals surface area contributed by atoms with Crippen LogP contribution in [0.3, 0.4) is 0 Å². The third-order valence-electron chi connectivity index (χ3n) is 3.37. The Kier molecular flexibility index (Phi) is 8.23. The topological polar surface area (TPSA) is 42.4 Å². The van der Waals surface area contributed by atoms with Crippen LogP contribution in [0.1, 0.15) is 57.4 Å². The number of aromatic nitrogens is 1. The fraction of sp³-hybridized carbons (Fsp3) is 0.688. The highest BCUT2D eigenvalue weighted by atomic mass is 16.5. The molecule has 0 saturated heterocycles. The van der Waals surface area contributed by atoms with E-state index >= 15 is 0 Å². The predicted molar refractivity (Wildman–Crippen MR) is 78.5 cm³/mol. The molecule has 3 nitrogen and oxygen atoms in total. The molecule has 0 fully saturated rings. The Labute approximate surface area is 117 Å². The fourth-order valence-corrected chi connectivity index (χ4v) is 2.19. The highest BCUT2D eigenvalue weighted by Crippen LogP contribution is 2.13. The van der Waals surface area contributed by atoms with Gasteiger partial charge in [0.1, 0.15) is 0 Å². The Bertz CT molecular complexity index is 324. The maximum Gasteiger partial charge on any atom is 0.212 e. The Morgan fingerprint density at radius 3 is 2.53 bits per heavy atom.